The van der Waals surface area contributed by atoms with Gasteiger partial charge >= 0.3 is 25.1 Å². The van der Waals surface area contributed by atoms with E-state index in [1.54, 1.807) is 31.4 Å². The zero-order valence-electron chi connectivity index (χ0n) is 15.5. The molecule has 2 aromatic rings. The van der Waals surface area contributed by atoms with Gasteiger partial charge in [0.2, 0.25) is 0 Å². The van der Waals surface area contributed by atoms with E-state index in [9.17, 15) is 0 Å². The maximum absolute atomic E-state index is 9.16. The molecule has 146 valence electrons. The summed E-state index contributed by atoms with van der Waals surface area (Å²) in [5.74, 6) is 1.25. The fourth-order valence-corrected chi connectivity index (χ4v) is 4.01. The van der Waals surface area contributed by atoms with Gasteiger partial charge in [-0.2, -0.15) is 0 Å². The van der Waals surface area contributed by atoms with Crippen LogP contribution in [0, 0.1) is 0 Å². The first kappa shape index (κ1) is 25.0. The van der Waals surface area contributed by atoms with Crippen LogP contribution in [0.25, 0.3) is 0 Å². The number of hydrogen-bond acceptors (Lipinski definition) is 8. The number of rotatable bonds is 8. The Morgan fingerprint density at radius 3 is 2.15 bits per heavy atom. The van der Waals surface area contributed by atoms with E-state index < -0.39 is 14.2 Å². The second-order valence-corrected chi connectivity index (χ2v) is 7.60. The molecule has 0 aliphatic heterocycles. The van der Waals surface area contributed by atoms with Crippen LogP contribution in [0.1, 0.15) is 27.2 Å². The summed E-state index contributed by atoms with van der Waals surface area (Å²) in [6, 6.07) is 6.93. The SMILES string of the molecule is CC.CCCOC.OCC(O)COc1ccc(O[p+]2npnpn2)cc1. The number of benzene rings is 1. The molecule has 0 bridgehead atoms. The average molecular weight is 422 g/mol. The van der Waals surface area contributed by atoms with E-state index in [-0.39, 0.29) is 13.2 Å². The molecule has 1 heterocycles. The Morgan fingerprint density at radius 2 is 1.69 bits per heavy atom. The summed E-state index contributed by atoms with van der Waals surface area (Å²) >= 11 is 0. The molecule has 0 radical (unpaired) electrons. The summed E-state index contributed by atoms with van der Waals surface area (Å²) in [5.41, 5.74) is 0. The molecule has 1 aromatic heterocycles. The number of ether oxygens (including phenoxy) is 2. The van der Waals surface area contributed by atoms with Crippen LogP contribution in [0.4, 0.5) is 0 Å². The lowest BCUT2D eigenvalue weighted by Crippen LogP contribution is -2.21. The first-order chi connectivity index (χ1) is 12.7. The van der Waals surface area contributed by atoms with Crippen LogP contribution in [0.5, 0.6) is 11.5 Å². The Bertz CT molecular complexity index is 550. The lowest BCUT2D eigenvalue weighted by atomic mass is 10.3. The van der Waals surface area contributed by atoms with Crippen molar-refractivity contribution in [3.05, 3.63) is 24.3 Å². The highest BCUT2D eigenvalue weighted by Gasteiger charge is 2.08. The Balaban J connectivity index is 0.000000772. The highest BCUT2D eigenvalue weighted by molar-refractivity contribution is 7.50. The molecule has 0 aliphatic rings. The molecule has 0 amide bonds. The van der Waals surface area contributed by atoms with Gasteiger partial charge in [0.25, 0.3) is 0 Å². The second-order valence-electron chi connectivity index (χ2n) is 4.40. The number of methoxy groups -OCH3 is 1. The quantitative estimate of drug-likeness (QED) is 0.659. The van der Waals surface area contributed by atoms with Crippen molar-refractivity contribution >= 4 is 25.1 Å². The van der Waals surface area contributed by atoms with E-state index in [0.29, 0.717) is 28.5 Å². The number of aromatic nitrogens is 3. The summed E-state index contributed by atoms with van der Waals surface area (Å²) in [5, 5.41) is 17.8. The Hall–Kier alpha value is -1.000. The number of aliphatic hydroxyl groups is 2. The maximum atomic E-state index is 9.16. The third-order valence-electron chi connectivity index (χ3n) is 2.39. The zero-order valence-corrected chi connectivity index (χ0v) is 18.2. The van der Waals surface area contributed by atoms with E-state index in [1.807, 2.05) is 13.8 Å². The molecule has 0 spiro atoms. The minimum atomic E-state index is -1.16. The van der Waals surface area contributed by atoms with Gasteiger partial charge in [-0.25, -0.2) is 0 Å². The van der Waals surface area contributed by atoms with Crippen LogP contribution in [0.15, 0.2) is 24.3 Å². The molecule has 1 unspecified atom stereocenters. The van der Waals surface area contributed by atoms with Crippen LogP contribution < -0.4 is 9.26 Å². The van der Waals surface area contributed by atoms with Gasteiger partial charge in [0, 0.05) is 22.7 Å². The van der Waals surface area contributed by atoms with Crippen LogP contribution >= 0.6 is 25.1 Å². The van der Waals surface area contributed by atoms with Gasteiger partial charge in [0.15, 0.2) is 5.75 Å². The molecule has 0 saturated carbocycles. The second kappa shape index (κ2) is 17.4. The van der Waals surface area contributed by atoms with Crippen molar-refractivity contribution in [1.29, 1.82) is 0 Å². The maximum Gasteiger partial charge on any atom is 0.414 e. The average Bonchev–Trinajstić information content (AvgIpc) is 2.70. The van der Waals surface area contributed by atoms with Crippen LogP contribution in [-0.2, 0) is 4.74 Å². The fourth-order valence-electron chi connectivity index (χ4n) is 1.32. The highest BCUT2D eigenvalue weighted by Crippen LogP contribution is 2.28. The Morgan fingerprint density at radius 1 is 1.12 bits per heavy atom. The molecule has 26 heavy (non-hydrogen) atoms. The predicted octanol–water partition coefficient (Wildman–Crippen LogP) is 3.94. The van der Waals surface area contributed by atoms with Crippen molar-refractivity contribution in [2.75, 3.05) is 26.9 Å². The standard InChI is InChI=1S/C9H11N3O4P3.C4H10O.C2H6/c13-5-7(14)6-15-8-1-3-9(4-2-8)16-19-11-17-10-18-12-19;1-3-4-5-2;1-2/h1-4,7,13-14H,5-6H2;3-4H2,1-2H3;1-2H3/q+1;;. The molecule has 1 aromatic carbocycles. The van der Waals surface area contributed by atoms with Crippen molar-refractivity contribution in [3.8, 4) is 11.5 Å². The molecule has 0 aliphatic carbocycles. The summed E-state index contributed by atoms with van der Waals surface area (Å²) in [6.45, 7) is 6.70. The summed E-state index contributed by atoms with van der Waals surface area (Å²) in [6.07, 6.45) is 0.247. The van der Waals surface area contributed by atoms with E-state index in [4.69, 9.17) is 24.2 Å². The van der Waals surface area contributed by atoms with Crippen LogP contribution in [0.2, 0.25) is 0 Å². The normalized spacial score (nSPS) is 11.8. The first-order valence-corrected chi connectivity index (χ1v) is 11.0. The molecule has 0 saturated heterocycles. The van der Waals surface area contributed by atoms with Gasteiger partial charge in [-0.3, -0.25) is 0 Å². The smallest absolute Gasteiger partial charge is 0.414 e. The summed E-state index contributed by atoms with van der Waals surface area (Å²) < 4.78 is 27.7. The Kier molecular flexibility index (Phi) is 16.7. The van der Waals surface area contributed by atoms with Gasteiger partial charge in [-0.05, 0) is 35.2 Å². The van der Waals surface area contributed by atoms with Gasteiger partial charge in [0.05, 0.1) is 6.61 Å². The van der Waals surface area contributed by atoms with Crippen molar-refractivity contribution < 1.29 is 24.2 Å². The van der Waals surface area contributed by atoms with Crippen molar-refractivity contribution in [1.82, 2.24) is 13.5 Å². The van der Waals surface area contributed by atoms with Crippen LogP contribution in [0.3, 0.4) is 0 Å². The highest BCUT2D eigenvalue weighted by atomic mass is 31.2. The fraction of sp³-hybridized carbons (Fsp3) is 0.600. The number of hydrogen-bond donors (Lipinski definition) is 2. The molecule has 0 fully saturated rings. The summed E-state index contributed by atoms with van der Waals surface area (Å²) in [4.78, 5) is 0. The zero-order chi connectivity index (χ0) is 19.6. The molecule has 8 nitrogen and oxygen atoms in total. The van der Waals surface area contributed by atoms with E-state index in [1.165, 1.54) is 0 Å². The van der Waals surface area contributed by atoms with E-state index in [2.05, 4.69) is 20.5 Å². The molecule has 2 N–H and O–H groups in total. The molecule has 1 atom stereocenters. The number of aliphatic hydroxyl groups excluding tert-OH is 2. The molecular weight excluding hydrogens is 395 g/mol. The van der Waals surface area contributed by atoms with Gasteiger partial charge in [-0.15, -0.1) is 0 Å². The third-order valence-corrected chi connectivity index (χ3v) is 5.26. The third kappa shape index (κ3) is 12.4. The van der Waals surface area contributed by atoms with Gasteiger partial charge in [0.1, 0.15) is 18.5 Å². The molecule has 2 rings (SSSR count). The topological polar surface area (TPSA) is 107 Å². The minimum absolute atomic E-state index is 0.0490. The van der Waals surface area contributed by atoms with E-state index in [0.717, 1.165) is 13.0 Å². The van der Waals surface area contributed by atoms with Gasteiger partial charge in [-0.1, -0.05) is 20.8 Å². The Labute approximate surface area is 159 Å². The van der Waals surface area contributed by atoms with Gasteiger partial charge < -0.3 is 24.2 Å². The van der Waals surface area contributed by atoms with E-state index >= 15 is 0 Å². The predicted molar refractivity (Wildman–Crippen MR) is 107 cm³/mol. The lowest BCUT2D eigenvalue weighted by molar-refractivity contribution is 0.0536. The largest absolute Gasteiger partial charge is 0.491 e. The molecular formula is C15H27N3O5P3+. The van der Waals surface area contributed by atoms with Crippen molar-refractivity contribution in [3.63, 3.8) is 0 Å². The van der Waals surface area contributed by atoms with Crippen molar-refractivity contribution in [2.24, 2.45) is 0 Å². The monoisotopic (exact) mass is 422 g/mol. The summed E-state index contributed by atoms with van der Waals surface area (Å²) in [7, 11) is 1.86. The molecule has 11 heteroatoms. The first-order valence-electron chi connectivity index (χ1n) is 8.20. The minimum Gasteiger partial charge on any atom is -0.491 e. The van der Waals surface area contributed by atoms with Crippen LogP contribution in [-0.4, -0.2) is 56.8 Å². The lowest BCUT2D eigenvalue weighted by Gasteiger charge is -2.09. The number of nitrogens with zero attached hydrogens (tertiary/aromatic N) is 3. The van der Waals surface area contributed by atoms with Crippen molar-refractivity contribution in [2.45, 2.75) is 33.3 Å².